The van der Waals surface area contributed by atoms with Crippen LogP contribution < -0.4 is 15.5 Å². The molecule has 3 aromatic rings. The number of quaternary nitrogens is 1. The highest BCUT2D eigenvalue weighted by molar-refractivity contribution is 6.02. The second-order valence-electron chi connectivity index (χ2n) is 6.44. The van der Waals surface area contributed by atoms with Gasteiger partial charge in [0.25, 0.3) is 11.8 Å². The van der Waals surface area contributed by atoms with Crippen molar-refractivity contribution in [1.82, 2.24) is 0 Å². The molecule has 27 heavy (non-hydrogen) atoms. The van der Waals surface area contributed by atoms with Crippen LogP contribution in [0.3, 0.4) is 0 Å². The summed E-state index contributed by atoms with van der Waals surface area (Å²) in [5.41, 5.74) is 1.14. The zero-order valence-electron chi connectivity index (χ0n) is 15.0. The normalized spacial score (nSPS) is 11.8. The molecule has 0 radical (unpaired) electrons. The molecule has 3 aromatic carbocycles. The fraction of sp³-hybridized carbons (Fsp3) is 0.143. The molecule has 0 saturated carbocycles. The van der Waals surface area contributed by atoms with E-state index in [-0.39, 0.29) is 24.9 Å². The Morgan fingerprint density at radius 2 is 1.56 bits per heavy atom. The molecule has 5 nitrogen and oxygen atoms in total. The van der Waals surface area contributed by atoms with Gasteiger partial charge in [0.05, 0.1) is 7.05 Å². The SMILES string of the molecule is C[NH+](CC(=O)Nc1cccc(F)c1)CC(=O)Nc1cccc2ccccc12. The molecule has 0 heterocycles. The molecule has 3 rings (SSSR count). The van der Waals surface area contributed by atoms with Gasteiger partial charge in [-0.3, -0.25) is 9.59 Å². The fourth-order valence-electron chi connectivity index (χ4n) is 2.91. The van der Waals surface area contributed by atoms with Crippen molar-refractivity contribution in [2.75, 3.05) is 30.8 Å². The lowest BCUT2D eigenvalue weighted by Crippen LogP contribution is -3.11. The van der Waals surface area contributed by atoms with E-state index in [9.17, 15) is 14.0 Å². The van der Waals surface area contributed by atoms with E-state index in [0.717, 1.165) is 21.4 Å². The van der Waals surface area contributed by atoms with Crippen molar-refractivity contribution in [2.45, 2.75) is 0 Å². The summed E-state index contributed by atoms with van der Waals surface area (Å²) in [6.07, 6.45) is 0. The monoisotopic (exact) mass is 366 g/mol. The summed E-state index contributed by atoms with van der Waals surface area (Å²) < 4.78 is 13.2. The van der Waals surface area contributed by atoms with Gasteiger partial charge in [-0.2, -0.15) is 0 Å². The third kappa shape index (κ3) is 5.12. The topological polar surface area (TPSA) is 62.6 Å². The average Bonchev–Trinajstić information content (AvgIpc) is 2.61. The third-order valence-electron chi connectivity index (χ3n) is 4.10. The molecule has 0 saturated heterocycles. The smallest absolute Gasteiger partial charge is 0.279 e. The first-order valence-electron chi connectivity index (χ1n) is 8.65. The predicted molar refractivity (Wildman–Crippen MR) is 104 cm³/mol. The molecule has 3 N–H and O–H groups in total. The van der Waals surface area contributed by atoms with Gasteiger partial charge < -0.3 is 15.5 Å². The lowest BCUT2D eigenvalue weighted by molar-refractivity contribution is -0.862. The van der Waals surface area contributed by atoms with Crippen molar-refractivity contribution >= 4 is 34.0 Å². The van der Waals surface area contributed by atoms with Crippen molar-refractivity contribution in [3.05, 3.63) is 72.5 Å². The molecule has 0 bridgehead atoms. The summed E-state index contributed by atoms with van der Waals surface area (Å²) in [7, 11) is 1.76. The second-order valence-corrected chi connectivity index (χ2v) is 6.44. The predicted octanol–water partition coefficient (Wildman–Crippen LogP) is 2.07. The Labute approximate surface area is 156 Å². The van der Waals surface area contributed by atoms with Crippen molar-refractivity contribution < 1.29 is 18.9 Å². The van der Waals surface area contributed by atoms with Crippen molar-refractivity contribution in [3.63, 3.8) is 0 Å². The maximum absolute atomic E-state index is 13.2. The first kappa shape index (κ1) is 18.5. The summed E-state index contributed by atoms with van der Waals surface area (Å²) in [6.45, 7) is 0.235. The Morgan fingerprint density at radius 3 is 2.33 bits per heavy atom. The van der Waals surface area contributed by atoms with Gasteiger partial charge in [-0.15, -0.1) is 0 Å². The van der Waals surface area contributed by atoms with Gasteiger partial charge in [-0.25, -0.2) is 4.39 Å². The van der Waals surface area contributed by atoms with E-state index in [0.29, 0.717) is 5.69 Å². The highest BCUT2D eigenvalue weighted by atomic mass is 19.1. The lowest BCUT2D eigenvalue weighted by Gasteiger charge is -2.14. The number of fused-ring (bicyclic) bond motifs is 1. The Balaban J connectivity index is 1.55. The van der Waals surface area contributed by atoms with Crippen LogP contribution in [0.15, 0.2) is 66.7 Å². The van der Waals surface area contributed by atoms with Crippen LogP contribution >= 0.6 is 0 Å². The minimum atomic E-state index is -0.414. The summed E-state index contributed by atoms with van der Waals surface area (Å²) in [6, 6.07) is 19.2. The van der Waals surface area contributed by atoms with E-state index in [1.165, 1.54) is 18.2 Å². The number of benzene rings is 3. The highest BCUT2D eigenvalue weighted by Gasteiger charge is 2.15. The maximum atomic E-state index is 13.2. The zero-order valence-corrected chi connectivity index (χ0v) is 15.0. The molecule has 0 aliphatic carbocycles. The number of hydrogen-bond donors (Lipinski definition) is 3. The molecule has 1 unspecified atom stereocenters. The number of likely N-dealkylation sites (N-methyl/N-ethyl adjacent to an activating group) is 1. The molecule has 0 aromatic heterocycles. The first-order chi connectivity index (χ1) is 13.0. The summed E-state index contributed by atoms with van der Waals surface area (Å²) >= 11 is 0. The molecule has 0 fully saturated rings. The molecule has 0 aliphatic rings. The lowest BCUT2D eigenvalue weighted by atomic mass is 10.1. The van der Waals surface area contributed by atoms with Crippen LogP contribution in [-0.2, 0) is 9.59 Å². The third-order valence-corrected chi connectivity index (χ3v) is 4.10. The van der Waals surface area contributed by atoms with Crippen molar-refractivity contribution in [1.29, 1.82) is 0 Å². The Hall–Kier alpha value is -3.25. The molecule has 0 aliphatic heterocycles. The summed E-state index contributed by atoms with van der Waals surface area (Å²) in [5.74, 6) is -0.874. The van der Waals surface area contributed by atoms with Crippen LogP contribution in [0.5, 0.6) is 0 Å². The minimum Gasteiger partial charge on any atom is -0.322 e. The number of carbonyl (C=O) groups excluding carboxylic acids is 2. The largest absolute Gasteiger partial charge is 0.322 e. The molecular weight excluding hydrogens is 345 g/mol. The van der Waals surface area contributed by atoms with E-state index in [2.05, 4.69) is 10.6 Å². The van der Waals surface area contributed by atoms with Gasteiger partial charge in [0.15, 0.2) is 13.1 Å². The van der Waals surface area contributed by atoms with Gasteiger partial charge in [0.2, 0.25) is 0 Å². The first-order valence-corrected chi connectivity index (χ1v) is 8.65. The van der Waals surface area contributed by atoms with E-state index in [1.807, 2.05) is 42.5 Å². The quantitative estimate of drug-likeness (QED) is 0.625. The van der Waals surface area contributed by atoms with Gasteiger partial charge >= 0.3 is 0 Å². The molecule has 138 valence electrons. The fourth-order valence-corrected chi connectivity index (χ4v) is 2.91. The number of anilines is 2. The number of amides is 2. The van der Waals surface area contributed by atoms with Crippen LogP contribution in [-0.4, -0.2) is 32.0 Å². The van der Waals surface area contributed by atoms with Crippen LogP contribution in [0.25, 0.3) is 10.8 Å². The number of rotatable bonds is 6. The van der Waals surface area contributed by atoms with Gasteiger partial charge in [-0.1, -0.05) is 42.5 Å². The number of nitrogens with one attached hydrogen (secondary N) is 3. The zero-order chi connectivity index (χ0) is 19.2. The highest BCUT2D eigenvalue weighted by Crippen LogP contribution is 2.22. The molecule has 2 amide bonds. The van der Waals surface area contributed by atoms with Gasteiger partial charge in [0, 0.05) is 16.8 Å². The average molecular weight is 366 g/mol. The minimum absolute atomic E-state index is 0.0967. The van der Waals surface area contributed by atoms with E-state index in [1.54, 1.807) is 13.1 Å². The van der Waals surface area contributed by atoms with E-state index < -0.39 is 5.82 Å². The second kappa shape index (κ2) is 8.42. The Morgan fingerprint density at radius 1 is 0.889 bits per heavy atom. The van der Waals surface area contributed by atoms with Crippen molar-refractivity contribution in [3.8, 4) is 0 Å². The van der Waals surface area contributed by atoms with Crippen LogP contribution in [0, 0.1) is 5.82 Å². The molecule has 1 atom stereocenters. The van der Waals surface area contributed by atoms with E-state index >= 15 is 0 Å². The van der Waals surface area contributed by atoms with Gasteiger partial charge in [-0.05, 0) is 29.7 Å². The Bertz CT molecular complexity index is 969. The number of hydrogen-bond acceptors (Lipinski definition) is 2. The maximum Gasteiger partial charge on any atom is 0.279 e. The Kier molecular flexibility index (Phi) is 5.78. The van der Waals surface area contributed by atoms with Crippen LogP contribution in [0.2, 0.25) is 0 Å². The van der Waals surface area contributed by atoms with Gasteiger partial charge in [0.1, 0.15) is 5.82 Å². The summed E-state index contributed by atoms with van der Waals surface area (Å²) in [5, 5.41) is 7.55. The standard InChI is InChI=1S/C21H20FN3O2/c1-25(13-20(26)23-17-9-5-8-16(22)12-17)14-21(27)24-19-11-4-7-15-6-2-3-10-18(15)19/h2-12H,13-14H2,1H3,(H,23,26)(H,24,27)/p+1. The van der Waals surface area contributed by atoms with Crippen molar-refractivity contribution in [2.24, 2.45) is 0 Å². The van der Waals surface area contributed by atoms with E-state index in [4.69, 9.17) is 0 Å². The number of carbonyl (C=O) groups is 2. The number of halogens is 1. The molecule has 0 spiro atoms. The molecule has 6 heteroatoms. The molecular formula is C21H21FN3O2+. The van der Waals surface area contributed by atoms with Crippen LogP contribution in [0.1, 0.15) is 0 Å². The summed E-state index contributed by atoms with van der Waals surface area (Å²) in [4.78, 5) is 25.1. The van der Waals surface area contributed by atoms with Crippen LogP contribution in [0.4, 0.5) is 15.8 Å².